The zero-order valence-corrected chi connectivity index (χ0v) is 13.6. The van der Waals surface area contributed by atoms with Crippen molar-refractivity contribution < 1.29 is 21.6 Å². The first-order chi connectivity index (χ1) is 10.1. The van der Waals surface area contributed by atoms with Crippen molar-refractivity contribution in [2.75, 3.05) is 11.6 Å². The fourth-order valence-corrected chi connectivity index (χ4v) is 2.70. The Bertz CT molecular complexity index is 807. The van der Waals surface area contributed by atoms with Gasteiger partial charge in [0, 0.05) is 12.5 Å². The fraction of sp³-hybridized carbons (Fsp3) is 0.154. The van der Waals surface area contributed by atoms with Gasteiger partial charge in [-0.25, -0.2) is 13.4 Å². The van der Waals surface area contributed by atoms with Gasteiger partial charge >= 0.3 is 6.18 Å². The zero-order chi connectivity index (χ0) is 16.5. The lowest BCUT2D eigenvalue weighted by atomic mass is 10.1. The molecule has 0 saturated heterocycles. The third-order valence-electron chi connectivity index (χ3n) is 2.74. The number of hydrogen-bond acceptors (Lipinski definition) is 4. The standard InChI is InChI=1S/C13H10BrF3N2O2S/c1-22(20,21)8-4-5-11(9(7-8)13(15,16)17)19-12-10(14)3-2-6-18-12/h2-7H,1H3,(H,18,19). The maximum absolute atomic E-state index is 13.2. The van der Waals surface area contributed by atoms with E-state index in [0.29, 0.717) is 10.5 Å². The number of anilines is 2. The molecule has 0 unspecified atom stereocenters. The Labute approximate surface area is 133 Å². The molecule has 2 rings (SSSR count). The zero-order valence-electron chi connectivity index (χ0n) is 11.1. The molecule has 0 aliphatic heterocycles. The first-order valence-electron chi connectivity index (χ1n) is 5.88. The number of hydrogen-bond donors (Lipinski definition) is 1. The minimum absolute atomic E-state index is 0.195. The Kier molecular flexibility index (Phi) is 4.48. The second-order valence-corrected chi connectivity index (χ2v) is 7.31. The van der Waals surface area contributed by atoms with Gasteiger partial charge in [-0.2, -0.15) is 13.2 Å². The summed E-state index contributed by atoms with van der Waals surface area (Å²) in [5.74, 6) is 0.195. The Balaban J connectivity index is 2.54. The Morgan fingerprint density at radius 2 is 1.91 bits per heavy atom. The Morgan fingerprint density at radius 3 is 2.45 bits per heavy atom. The third-order valence-corrected chi connectivity index (χ3v) is 4.49. The maximum Gasteiger partial charge on any atom is 0.418 e. The SMILES string of the molecule is CS(=O)(=O)c1ccc(Nc2ncccc2Br)c(C(F)(F)F)c1. The van der Waals surface area contributed by atoms with Gasteiger partial charge < -0.3 is 5.32 Å². The molecule has 9 heteroatoms. The van der Waals surface area contributed by atoms with Crippen molar-refractivity contribution in [1.82, 2.24) is 4.98 Å². The first kappa shape index (κ1) is 16.8. The topological polar surface area (TPSA) is 59.1 Å². The quantitative estimate of drug-likeness (QED) is 0.854. The molecule has 118 valence electrons. The molecule has 1 aromatic carbocycles. The molecular weight excluding hydrogens is 385 g/mol. The summed E-state index contributed by atoms with van der Waals surface area (Å²) in [5.41, 5.74) is -1.35. The fourth-order valence-electron chi connectivity index (χ4n) is 1.70. The average molecular weight is 395 g/mol. The van der Waals surface area contributed by atoms with Gasteiger partial charge in [0.15, 0.2) is 9.84 Å². The predicted molar refractivity (Wildman–Crippen MR) is 79.8 cm³/mol. The van der Waals surface area contributed by atoms with Gasteiger partial charge in [-0.1, -0.05) is 0 Å². The van der Waals surface area contributed by atoms with Gasteiger partial charge in [0.25, 0.3) is 0 Å². The van der Waals surface area contributed by atoms with Crippen LogP contribution in [-0.4, -0.2) is 19.7 Å². The summed E-state index contributed by atoms with van der Waals surface area (Å²) in [7, 11) is -3.74. The molecule has 22 heavy (non-hydrogen) atoms. The molecular formula is C13H10BrF3N2O2S. The molecule has 0 amide bonds. The van der Waals surface area contributed by atoms with Crippen molar-refractivity contribution >= 4 is 37.3 Å². The van der Waals surface area contributed by atoms with Gasteiger partial charge in [-0.3, -0.25) is 0 Å². The van der Waals surface area contributed by atoms with Crippen molar-refractivity contribution in [3.63, 3.8) is 0 Å². The molecule has 0 fully saturated rings. The van der Waals surface area contributed by atoms with Crippen LogP contribution in [0.4, 0.5) is 24.7 Å². The largest absolute Gasteiger partial charge is 0.418 e. The highest BCUT2D eigenvalue weighted by Gasteiger charge is 2.34. The van der Waals surface area contributed by atoms with E-state index in [4.69, 9.17) is 0 Å². The average Bonchev–Trinajstić information content (AvgIpc) is 2.39. The van der Waals surface area contributed by atoms with E-state index in [1.165, 1.54) is 6.20 Å². The van der Waals surface area contributed by atoms with Crippen molar-refractivity contribution in [2.24, 2.45) is 0 Å². The smallest absolute Gasteiger partial charge is 0.339 e. The summed E-state index contributed by atoms with van der Waals surface area (Å²) in [6.07, 6.45) is -2.43. The lowest BCUT2D eigenvalue weighted by Crippen LogP contribution is -2.11. The molecule has 0 radical (unpaired) electrons. The number of aromatic nitrogens is 1. The number of rotatable bonds is 3. The molecule has 2 aromatic rings. The van der Waals surface area contributed by atoms with Crippen LogP contribution in [0, 0.1) is 0 Å². The molecule has 4 nitrogen and oxygen atoms in total. The van der Waals surface area contributed by atoms with E-state index in [9.17, 15) is 21.6 Å². The van der Waals surface area contributed by atoms with Crippen LogP contribution in [0.5, 0.6) is 0 Å². The van der Waals surface area contributed by atoms with Gasteiger partial charge in [0.05, 0.1) is 20.6 Å². The summed E-state index contributed by atoms with van der Waals surface area (Å²) in [6.45, 7) is 0. The van der Waals surface area contributed by atoms with Crippen LogP contribution in [0.2, 0.25) is 0 Å². The minimum Gasteiger partial charge on any atom is -0.339 e. The number of alkyl halides is 3. The van der Waals surface area contributed by atoms with Crippen molar-refractivity contribution in [3.05, 3.63) is 46.6 Å². The van der Waals surface area contributed by atoms with Gasteiger partial charge in [0.2, 0.25) is 0 Å². The summed E-state index contributed by atoms with van der Waals surface area (Å²) < 4.78 is 62.8. The van der Waals surface area contributed by atoms with E-state index in [1.54, 1.807) is 12.1 Å². The van der Waals surface area contributed by atoms with E-state index >= 15 is 0 Å². The molecule has 0 aliphatic rings. The second kappa shape index (κ2) is 5.88. The van der Waals surface area contributed by atoms with Gasteiger partial charge in [-0.15, -0.1) is 0 Å². The Hall–Kier alpha value is -1.61. The van der Waals surface area contributed by atoms with Crippen molar-refractivity contribution in [1.29, 1.82) is 0 Å². The van der Waals surface area contributed by atoms with Crippen LogP contribution in [0.1, 0.15) is 5.56 Å². The summed E-state index contributed by atoms with van der Waals surface area (Å²) in [6, 6.07) is 6.03. The minimum atomic E-state index is -4.70. The molecule has 0 spiro atoms. The van der Waals surface area contributed by atoms with E-state index in [-0.39, 0.29) is 11.5 Å². The molecule has 1 N–H and O–H groups in total. The third kappa shape index (κ3) is 3.77. The number of sulfone groups is 1. The number of halogens is 4. The van der Waals surface area contributed by atoms with Crippen molar-refractivity contribution in [3.8, 4) is 0 Å². The molecule has 0 atom stereocenters. The highest BCUT2D eigenvalue weighted by molar-refractivity contribution is 9.10. The summed E-state index contributed by atoms with van der Waals surface area (Å²) in [4.78, 5) is 3.53. The number of benzene rings is 1. The summed E-state index contributed by atoms with van der Waals surface area (Å²) in [5, 5.41) is 2.55. The van der Waals surface area contributed by atoms with Gasteiger partial charge in [0.1, 0.15) is 5.82 Å². The lowest BCUT2D eigenvalue weighted by molar-refractivity contribution is -0.137. The molecule has 1 aromatic heterocycles. The molecule has 0 bridgehead atoms. The van der Waals surface area contributed by atoms with E-state index < -0.39 is 26.5 Å². The molecule has 0 saturated carbocycles. The van der Waals surface area contributed by atoms with Crippen LogP contribution < -0.4 is 5.32 Å². The van der Waals surface area contributed by atoms with Crippen LogP contribution >= 0.6 is 15.9 Å². The van der Waals surface area contributed by atoms with Crippen LogP contribution in [0.15, 0.2) is 45.9 Å². The lowest BCUT2D eigenvalue weighted by Gasteiger charge is -2.15. The number of pyridine rings is 1. The van der Waals surface area contributed by atoms with Crippen LogP contribution in [0.25, 0.3) is 0 Å². The number of nitrogens with zero attached hydrogens (tertiary/aromatic N) is 1. The van der Waals surface area contributed by atoms with E-state index in [1.807, 2.05) is 0 Å². The van der Waals surface area contributed by atoms with Crippen LogP contribution in [-0.2, 0) is 16.0 Å². The highest BCUT2D eigenvalue weighted by atomic mass is 79.9. The monoisotopic (exact) mass is 394 g/mol. The van der Waals surface area contributed by atoms with Crippen molar-refractivity contribution in [2.45, 2.75) is 11.1 Å². The van der Waals surface area contributed by atoms with Crippen LogP contribution in [0.3, 0.4) is 0 Å². The molecule has 0 aliphatic carbocycles. The Morgan fingerprint density at radius 1 is 1.23 bits per heavy atom. The van der Waals surface area contributed by atoms with E-state index in [2.05, 4.69) is 26.2 Å². The normalized spacial score (nSPS) is 12.2. The maximum atomic E-state index is 13.2. The van der Waals surface area contributed by atoms with Gasteiger partial charge in [-0.05, 0) is 46.3 Å². The first-order valence-corrected chi connectivity index (χ1v) is 8.56. The summed E-state index contributed by atoms with van der Waals surface area (Å²) >= 11 is 3.17. The predicted octanol–water partition coefficient (Wildman–Crippen LogP) is 4.01. The second-order valence-electron chi connectivity index (χ2n) is 4.44. The molecule has 1 heterocycles. The highest BCUT2D eigenvalue weighted by Crippen LogP contribution is 2.38. The van der Waals surface area contributed by atoms with E-state index in [0.717, 1.165) is 18.4 Å². The number of nitrogens with one attached hydrogen (secondary N) is 1.